The van der Waals surface area contributed by atoms with E-state index in [0.717, 1.165) is 5.56 Å². The van der Waals surface area contributed by atoms with Gasteiger partial charge in [-0.05, 0) is 30.4 Å². The highest BCUT2D eigenvalue weighted by atomic mass is 19.1. The Bertz CT molecular complexity index is 279. The lowest BCUT2D eigenvalue weighted by molar-refractivity contribution is 0.0734. The van der Waals surface area contributed by atoms with Crippen LogP contribution in [0.2, 0.25) is 0 Å². The Balaban J connectivity index is 2.18. The molecule has 1 aromatic rings. The number of aliphatic hydroxyl groups excluding tert-OH is 1. The SMILES string of the molecule is OC1CC(c2ccccc2F)C1. The van der Waals surface area contributed by atoms with Crippen LogP contribution in [0.15, 0.2) is 24.3 Å². The van der Waals surface area contributed by atoms with E-state index in [1.165, 1.54) is 6.07 Å². The predicted molar refractivity (Wildman–Crippen MR) is 44.4 cm³/mol. The fraction of sp³-hybridized carbons (Fsp3) is 0.400. The Morgan fingerprint density at radius 2 is 1.92 bits per heavy atom. The zero-order chi connectivity index (χ0) is 8.55. The summed E-state index contributed by atoms with van der Waals surface area (Å²) < 4.78 is 13.1. The molecule has 0 bridgehead atoms. The molecule has 1 nitrogen and oxygen atoms in total. The van der Waals surface area contributed by atoms with Crippen LogP contribution < -0.4 is 0 Å². The molecule has 1 aliphatic carbocycles. The Morgan fingerprint density at radius 3 is 2.50 bits per heavy atom. The van der Waals surface area contributed by atoms with Crippen LogP contribution in [0.5, 0.6) is 0 Å². The van der Waals surface area contributed by atoms with E-state index in [2.05, 4.69) is 0 Å². The molecule has 0 heterocycles. The molecular formula is C10H11FO. The fourth-order valence-corrected chi connectivity index (χ4v) is 1.65. The second-order valence-electron chi connectivity index (χ2n) is 3.34. The maximum atomic E-state index is 13.1. The topological polar surface area (TPSA) is 20.2 Å². The number of halogens is 1. The van der Waals surface area contributed by atoms with Gasteiger partial charge in [-0.15, -0.1) is 0 Å². The van der Waals surface area contributed by atoms with E-state index >= 15 is 0 Å². The van der Waals surface area contributed by atoms with Gasteiger partial charge in [-0.3, -0.25) is 0 Å². The molecule has 0 atom stereocenters. The van der Waals surface area contributed by atoms with Gasteiger partial charge in [0.2, 0.25) is 0 Å². The molecular weight excluding hydrogens is 155 g/mol. The van der Waals surface area contributed by atoms with E-state index < -0.39 is 0 Å². The predicted octanol–water partition coefficient (Wildman–Crippen LogP) is 2.06. The van der Waals surface area contributed by atoms with Crippen molar-refractivity contribution in [1.82, 2.24) is 0 Å². The maximum absolute atomic E-state index is 13.1. The van der Waals surface area contributed by atoms with Crippen molar-refractivity contribution in [3.63, 3.8) is 0 Å². The molecule has 1 aliphatic rings. The number of hydrogen-bond donors (Lipinski definition) is 1. The van der Waals surface area contributed by atoms with Crippen molar-refractivity contribution in [2.75, 3.05) is 0 Å². The van der Waals surface area contributed by atoms with Gasteiger partial charge in [0.1, 0.15) is 5.82 Å². The highest BCUT2D eigenvalue weighted by Gasteiger charge is 2.29. The van der Waals surface area contributed by atoms with Crippen LogP contribution in [0.25, 0.3) is 0 Å². The molecule has 0 unspecified atom stereocenters. The van der Waals surface area contributed by atoms with Crippen LogP contribution in [0.1, 0.15) is 24.3 Å². The molecule has 12 heavy (non-hydrogen) atoms. The third-order valence-corrected chi connectivity index (χ3v) is 2.46. The van der Waals surface area contributed by atoms with Crippen molar-refractivity contribution in [3.05, 3.63) is 35.6 Å². The van der Waals surface area contributed by atoms with Crippen LogP contribution in [0, 0.1) is 5.82 Å². The summed E-state index contributed by atoms with van der Waals surface area (Å²) in [6.45, 7) is 0. The van der Waals surface area contributed by atoms with Crippen LogP contribution in [0.3, 0.4) is 0 Å². The van der Waals surface area contributed by atoms with Crippen molar-refractivity contribution in [2.45, 2.75) is 24.9 Å². The first-order chi connectivity index (χ1) is 5.77. The average molecular weight is 166 g/mol. The van der Waals surface area contributed by atoms with E-state index in [1.807, 2.05) is 6.07 Å². The van der Waals surface area contributed by atoms with Gasteiger partial charge in [0.05, 0.1) is 6.10 Å². The highest BCUT2D eigenvalue weighted by Crippen LogP contribution is 2.37. The van der Waals surface area contributed by atoms with Crippen LogP contribution in [-0.4, -0.2) is 11.2 Å². The lowest BCUT2D eigenvalue weighted by Crippen LogP contribution is -2.26. The largest absolute Gasteiger partial charge is 0.393 e. The van der Waals surface area contributed by atoms with Gasteiger partial charge in [0, 0.05) is 0 Å². The number of aliphatic hydroxyl groups is 1. The van der Waals surface area contributed by atoms with Crippen LogP contribution >= 0.6 is 0 Å². The van der Waals surface area contributed by atoms with Gasteiger partial charge < -0.3 is 5.11 Å². The number of benzene rings is 1. The summed E-state index contributed by atoms with van der Waals surface area (Å²) in [5.74, 6) is 0.0931. The molecule has 1 fully saturated rings. The summed E-state index contributed by atoms with van der Waals surface area (Å²) in [7, 11) is 0. The monoisotopic (exact) mass is 166 g/mol. The molecule has 0 amide bonds. The molecule has 0 saturated heterocycles. The van der Waals surface area contributed by atoms with Gasteiger partial charge in [-0.2, -0.15) is 0 Å². The smallest absolute Gasteiger partial charge is 0.126 e. The van der Waals surface area contributed by atoms with Crippen molar-refractivity contribution in [3.8, 4) is 0 Å². The summed E-state index contributed by atoms with van der Waals surface area (Å²) in [6, 6.07) is 6.79. The molecule has 64 valence electrons. The van der Waals surface area contributed by atoms with Crippen molar-refractivity contribution >= 4 is 0 Å². The Hall–Kier alpha value is -0.890. The number of rotatable bonds is 1. The van der Waals surface area contributed by atoms with Crippen molar-refractivity contribution in [2.24, 2.45) is 0 Å². The molecule has 0 radical (unpaired) electrons. The normalized spacial score (nSPS) is 28.2. The Labute approximate surface area is 70.8 Å². The molecule has 2 heteroatoms. The summed E-state index contributed by atoms with van der Waals surface area (Å²) in [5.41, 5.74) is 0.753. The van der Waals surface area contributed by atoms with E-state index in [0.29, 0.717) is 12.8 Å². The molecule has 0 aliphatic heterocycles. The quantitative estimate of drug-likeness (QED) is 0.677. The Morgan fingerprint density at radius 1 is 1.25 bits per heavy atom. The molecule has 1 saturated carbocycles. The van der Waals surface area contributed by atoms with Crippen LogP contribution in [0.4, 0.5) is 4.39 Å². The highest BCUT2D eigenvalue weighted by molar-refractivity contribution is 5.24. The zero-order valence-electron chi connectivity index (χ0n) is 6.70. The molecule has 1 aromatic carbocycles. The molecule has 1 N–H and O–H groups in total. The number of hydrogen-bond acceptors (Lipinski definition) is 1. The Kier molecular flexibility index (Phi) is 1.85. The van der Waals surface area contributed by atoms with Gasteiger partial charge in [0.25, 0.3) is 0 Å². The van der Waals surface area contributed by atoms with E-state index in [-0.39, 0.29) is 17.8 Å². The van der Waals surface area contributed by atoms with Gasteiger partial charge in [-0.25, -0.2) is 4.39 Å². The third kappa shape index (κ3) is 1.23. The second kappa shape index (κ2) is 2.87. The average Bonchev–Trinajstić information content (AvgIpc) is 2.01. The van der Waals surface area contributed by atoms with Gasteiger partial charge in [0.15, 0.2) is 0 Å². The lowest BCUT2D eigenvalue weighted by Gasteiger charge is -2.31. The lowest BCUT2D eigenvalue weighted by atomic mass is 9.77. The maximum Gasteiger partial charge on any atom is 0.126 e. The minimum Gasteiger partial charge on any atom is -0.393 e. The molecule has 2 rings (SSSR count). The molecule has 0 aromatic heterocycles. The summed E-state index contributed by atoms with van der Waals surface area (Å²) in [4.78, 5) is 0. The van der Waals surface area contributed by atoms with Crippen LogP contribution in [-0.2, 0) is 0 Å². The summed E-state index contributed by atoms with van der Waals surface area (Å²) in [5, 5.41) is 9.05. The first-order valence-corrected chi connectivity index (χ1v) is 4.20. The van der Waals surface area contributed by atoms with Gasteiger partial charge in [-0.1, -0.05) is 18.2 Å². The van der Waals surface area contributed by atoms with Crippen molar-refractivity contribution in [1.29, 1.82) is 0 Å². The van der Waals surface area contributed by atoms with Gasteiger partial charge >= 0.3 is 0 Å². The first-order valence-electron chi connectivity index (χ1n) is 4.20. The standard InChI is InChI=1S/C10H11FO/c11-10-4-2-1-3-9(10)7-5-8(12)6-7/h1-4,7-8,12H,5-6H2. The summed E-state index contributed by atoms with van der Waals surface area (Å²) in [6.07, 6.45) is 1.21. The van der Waals surface area contributed by atoms with E-state index in [9.17, 15) is 4.39 Å². The molecule has 0 spiro atoms. The summed E-state index contributed by atoms with van der Waals surface area (Å²) >= 11 is 0. The second-order valence-corrected chi connectivity index (χ2v) is 3.34. The minimum atomic E-state index is -0.213. The minimum absolute atomic E-state index is 0.144. The first kappa shape index (κ1) is 7.74. The fourth-order valence-electron chi connectivity index (χ4n) is 1.65. The third-order valence-electron chi connectivity index (χ3n) is 2.46. The van der Waals surface area contributed by atoms with E-state index in [1.54, 1.807) is 12.1 Å². The zero-order valence-corrected chi connectivity index (χ0v) is 6.70. The van der Waals surface area contributed by atoms with E-state index in [4.69, 9.17) is 5.11 Å². The van der Waals surface area contributed by atoms with Crippen molar-refractivity contribution < 1.29 is 9.50 Å².